The second kappa shape index (κ2) is 5.33. The lowest BCUT2D eigenvalue weighted by molar-refractivity contribution is -0.140. The van der Waals surface area contributed by atoms with Gasteiger partial charge in [-0.2, -0.15) is 0 Å². The topological polar surface area (TPSA) is 82.2 Å². The minimum atomic E-state index is -1.02. The minimum Gasteiger partial charge on any atom is -0.480 e. The van der Waals surface area contributed by atoms with Crippen molar-refractivity contribution in [2.24, 2.45) is 5.92 Å². The molecule has 1 rings (SSSR count). The highest BCUT2D eigenvalue weighted by Crippen LogP contribution is 2.08. The molecule has 1 atom stereocenters. The van der Waals surface area contributed by atoms with Gasteiger partial charge in [0.2, 0.25) is 0 Å². The smallest absolute Gasteiger partial charge is 0.326 e. The van der Waals surface area contributed by atoms with E-state index < -0.39 is 17.9 Å². The molecule has 0 unspecified atom stereocenters. The van der Waals surface area contributed by atoms with Crippen LogP contribution >= 0.6 is 22.6 Å². The fourth-order valence-corrected chi connectivity index (χ4v) is 1.70. The van der Waals surface area contributed by atoms with E-state index in [1.165, 1.54) is 0 Å². The maximum atomic E-state index is 11.7. The lowest BCUT2D eigenvalue weighted by atomic mass is 10.0. The summed E-state index contributed by atoms with van der Waals surface area (Å²) < 4.78 is 0.902. The largest absolute Gasteiger partial charge is 0.480 e. The maximum Gasteiger partial charge on any atom is 0.326 e. The van der Waals surface area contributed by atoms with Gasteiger partial charge in [-0.25, -0.2) is 4.79 Å². The van der Waals surface area contributed by atoms with Crippen LogP contribution in [0.3, 0.4) is 0 Å². The number of aliphatic carboxylic acids is 1. The zero-order valence-corrected chi connectivity index (χ0v) is 11.1. The number of carbonyl (C=O) groups excluding carboxylic acids is 1. The van der Waals surface area contributed by atoms with Gasteiger partial charge in [0, 0.05) is 9.77 Å². The molecule has 88 valence electrons. The number of aromatic nitrogens is 1. The SMILES string of the molecule is CC(C)[C@@H](NC(=O)c1cc(I)c[nH]1)C(=O)O. The second-order valence-electron chi connectivity index (χ2n) is 3.76. The van der Waals surface area contributed by atoms with Crippen LogP contribution in [0.5, 0.6) is 0 Å². The standard InChI is InChI=1S/C10H13IN2O3/c1-5(2)8(10(15)16)13-9(14)7-3-6(11)4-12-7/h3-5,8,12H,1-2H3,(H,13,14)(H,15,16)/t8-/m1/s1. The first kappa shape index (κ1) is 13.0. The van der Waals surface area contributed by atoms with Gasteiger partial charge in [0.15, 0.2) is 0 Å². The van der Waals surface area contributed by atoms with E-state index in [4.69, 9.17) is 5.11 Å². The van der Waals surface area contributed by atoms with Crippen LogP contribution in [-0.4, -0.2) is 28.0 Å². The summed E-state index contributed by atoms with van der Waals surface area (Å²) in [4.78, 5) is 25.3. The molecule has 1 amide bonds. The molecule has 16 heavy (non-hydrogen) atoms. The maximum absolute atomic E-state index is 11.7. The van der Waals surface area contributed by atoms with Crippen LogP contribution in [0.1, 0.15) is 24.3 Å². The third-order valence-corrected chi connectivity index (χ3v) is 2.73. The molecule has 0 saturated heterocycles. The summed E-state index contributed by atoms with van der Waals surface area (Å²) >= 11 is 2.07. The molecule has 1 aromatic rings. The summed E-state index contributed by atoms with van der Waals surface area (Å²) in [5.74, 6) is -1.58. The molecule has 0 radical (unpaired) electrons. The molecule has 0 spiro atoms. The Hall–Kier alpha value is -1.05. The summed E-state index contributed by atoms with van der Waals surface area (Å²) in [5, 5.41) is 11.4. The van der Waals surface area contributed by atoms with Gasteiger partial charge in [-0.15, -0.1) is 0 Å². The number of hydrogen-bond acceptors (Lipinski definition) is 2. The molecule has 0 aliphatic carbocycles. The number of halogens is 1. The molecular formula is C10H13IN2O3. The van der Waals surface area contributed by atoms with E-state index in [0.29, 0.717) is 5.69 Å². The molecule has 6 heteroatoms. The third kappa shape index (κ3) is 3.22. The number of hydrogen-bond donors (Lipinski definition) is 3. The van der Waals surface area contributed by atoms with Crippen LogP contribution < -0.4 is 5.32 Å². The van der Waals surface area contributed by atoms with Crippen molar-refractivity contribution in [2.75, 3.05) is 0 Å². The molecule has 0 bridgehead atoms. The fourth-order valence-electron chi connectivity index (χ4n) is 1.23. The lowest BCUT2D eigenvalue weighted by Gasteiger charge is -2.17. The van der Waals surface area contributed by atoms with E-state index in [1.54, 1.807) is 26.1 Å². The number of H-pyrrole nitrogens is 1. The normalized spacial score (nSPS) is 12.5. The van der Waals surface area contributed by atoms with Gasteiger partial charge in [-0.05, 0) is 34.6 Å². The van der Waals surface area contributed by atoms with Crippen molar-refractivity contribution in [3.8, 4) is 0 Å². The van der Waals surface area contributed by atoms with Crippen molar-refractivity contribution in [1.29, 1.82) is 0 Å². The van der Waals surface area contributed by atoms with Crippen molar-refractivity contribution in [2.45, 2.75) is 19.9 Å². The molecule has 0 fully saturated rings. The van der Waals surface area contributed by atoms with Crippen molar-refractivity contribution in [3.63, 3.8) is 0 Å². The Morgan fingerprint density at radius 2 is 2.12 bits per heavy atom. The lowest BCUT2D eigenvalue weighted by Crippen LogP contribution is -2.44. The Balaban J connectivity index is 2.73. The summed E-state index contributed by atoms with van der Waals surface area (Å²) in [5.41, 5.74) is 0.372. The monoisotopic (exact) mass is 336 g/mol. The molecule has 3 N–H and O–H groups in total. The number of rotatable bonds is 4. The van der Waals surface area contributed by atoms with Crippen LogP contribution in [0.25, 0.3) is 0 Å². The van der Waals surface area contributed by atoms with Crippen molar-refractivity contribution < 1.29 is 14.7 Å². The molecule has 0 aromatic carbocycles. The zero-order chi connectivity index (χ0) is 12.3. The van der Waals surface area contributed by atoms with E-state index in [9.17, 15) is 9.59 Å². The molecule has 1 heterocycles. The Morgan fingerprint density at radius 1 is 1.50 bits per heavy atom. The van der Waals surface area contributed by atoms with Crippen molar-refractivity contribution in [1.82, 2.24) is 10.3 Å². The number of aromatic amines is 1. The number of carboxylic acids is 1. The average molecular weight is 336 g/mol. The van der Waals surface area contributed by atoms with Crippen molar-refractivity contribution in [3.05, 3.63) is 21.5 Å². The number of amides is 1. The van der Waals surface area contributed by atoms with Gasteiger partial charge in [0.1, 0.15) is 11.7 Å². The Morgan fingerprint density at radius 3 is 2.50 bits per heavy atom. The highest BCUT2D eigenvalue weighted by Gasteiger charge is 2.24. The first-order valence-electron chi connectivity index (χ1n) is 4.79. The van der Waals surface area contributed by atoms with E-state index in [2.05, 4.69) is 32.9 Å². The Kier molecular flexibility index (Phi) is 4.34. The predicted octanol–water partition coefficient (Wildman–Crippen LogP) is 1.46. The van der Waals surface area contributed by atoms with Gasteiger partial charge < -0.3 is 15.4 Å². The van der Waals surface area contributed by atoms with Gasteiger partial charge in [0.05, 0.1) is 0 Å². The predicted molar refractivity (Wildman–Crippen MR) is 67.2 cm³/mol. The minimum absolute atomic E-state index is 0.157. The molecule has 0 aliphatic heterocycles. The second-order valence-corrected chi connectivity index (χ2v) is 5.01. The van der Waals surface area contributed by atoms with Crippen LogP contribution in [0.2, 0.25) is 0 Å². The summed E-state index contributed by atoms with van der Waals surface area (Å²) in [6, 6.07) is 0.795. The molecule has 0 saturated carbocycles. The highest BCUT2D eigenvalue weighted by molar-refractivity contribution is 14.1. The highest BCUT2D eigenvalue weighted by atomic mass is 127. The first-order valence-corrected chi connectivity index (χ1v) is 5.87. The van der Waals surface area contributed by atoms with Gasteiger partial charge in [0.25, 0.3) is 5.91 Å². The van der Waals surface area contributed by atoms with Crippen LogP contribution in [0, 0.1) is 9.49 Å². The number of nitrogens with one attached hydrogen (secondary N) is 2. The van der Waals surface area contributed by atoms with E-state index in [1.807, 2.05) is 0 Å². The fraction of sp³-hybridized carbons (Fsp3) is 0.400. The zero-order valence-electron chi connectivity index (χ0n) is 8.95. The van der Waals surface area contributed by atoms with Crippen molar-refractivity contribution >= 4 is 34.5 Å². The van der Waals surface area contributed by atoms with Crippen LogP contribution in [0.15, 0.2) is 12.3 Å². The quantitative estimate of drug-likeness (QED) is 0.728. The van der Waals surface area contributed by atoms with Gasteiger partial charge in [-0.1, -0.05) is 13.8 Å². The molecule has 1 aromatic heterocycles. The first-order chi connectivity index (χ1) is 7.41. The third-order valence-electron chi connectivity index (χ3n) is 2.11. The average Bonchev–Trinajstić information content (AvgIpc) is 2.59. The molecule has 0 aliphatic rings. The summed E-state index contributed by atoms with van der Waals surface area (Å²) in [6.45, 7) is 3.50. The van der Waals surface area contributed by atoms with E-state index in [0.717, 1.165) is 3.57 Å². The summed E-state index contributed by atoms with van der Waals surface area (Å²) in [7, 11) is 0. The number of carboxylic acid groups (broad SMARTS) is 1. The van der Waals surface area contributed by atoms with E-state index in [-0.39, 0.29) is 5.92 Å². The molecule has 5 nitrogen and oxygen atoms in total. The Bertz CT molecular complexity index is 401. The Labute approximate surface area is 107 Å². The van der Waals surface area contributed by atoms with Gasteiger partial charge >= 0.3 is 5.97 Å². The van der Waals surface area contributed by atoms with E-state index >= 15 is 0 Å². The number of carbonyl (C=O) groups is 2. The van der Waals surface area contributed by atoms with Crippen LogP contribution in [0.4, 0.5) is 0 Å². The van der Waals surface area contributed by atoms with Crippen LogP contribution in [-0.2, 0) is 4.79 Å². The van der Waals surface area contributed by atoms with Gasteiger partial charge in [-0.3, -0.25) is 4.79 Å². The summed E-state index contributed by atoms with van der Waals surface area (Å²) in [6.07, 6.45) is 1.68. The molecular weight excluding hydrogens is 323 g/mol.